The van der Waals surface area contributed by atoms with Crippen molar-refractivity contribution >= 4 is 52.4 Å². The molecule has 0 bridgehead atoms. The minimum absolute atomic E-state index is 0.000972. The molecule has 1 unspecified atom stereocenters. The zero-order chi connectivity index (χ0) is 43.8. The van der Waals surface area contributed by atoms with Gasteiger partial charge in [0.15, 0.2) is 11.5 Å². The molecule has 1 fully saturated rings. The number of fused-ring (bicyclic) bond motifs is 1. The molecule has 2 N–H and O–H groups in total. The van der Waals surface area contributed by atoms with Crippen LogP contribution in [0.1, 0.15) is 95.6 Å². The van der Waals surface area contributed by atoms with E-state index in [9.17, 15) is 38.3 Å². The minimum Gasteiger partial charge on any atom is -0.871 e. The Bertz CT molecular complexity index is 2080. The van der Waals surface area contributed by atoms with Gasteiger partial charge in [-0.1, -0.05) is 17.9 Å². The van der Waals surface area contributed by atoms with E-state index in [4.69, 9.17) is 9.57 Å². The van der Waals surface area contributed by atoms with E-state index in [1.54, 1.807) is 36.4 Å². The number of quaternary nitrogens is 1. The lowest BCUT2D eigenvalue weighted by Gasteiger charge is -2.31. The number of Topliss-reactive ketones (excluding diaryl/α,β-unsaturated/α-hetero) is 1. The van der Waals surface area contributed by atoms with Gasteiger partial charge in [-0.25, -0.2) is 9.18 Å². The molecule has 1 atom stereocenters. The zero-order valence-corrected chi connectivity index (χ0v) is 35.5. The highest BCUT2D eigenvalue weighted by molar-refractivity contribution is 6.40. The van der Waals surface area contributed by atoms with Gasteiger partial charge in [0.2, 0.25) is 17.5 Å². The summed E-state index contributed by atoms with van der Waals surface area (Å²) < 4.78 is 22.5. The van der Waals surface area contributed by atoms with Gasteiger partial charge in [0.1, 0.15) is 24.2 Å². The van der Waals surface area contributed by atoms with Crippen LogP contribution in [0.3, 0.4) is 0 Å². The van der Waals surface area contributed by atoms with E-state index in [0.717, 1.165) is 28.7 Å². The number of carbonyl (C=O) groups is 6. The summed E-state index contributed by atoms with van der Waals surface area (Å²) in [4.78, 5) is 80.3. The van der Waals surface area contributed by atoms with E-state index in [2.05, 4.69) is 31.8 Å². The number of methoxy groups -OCH3 is 1. The number of imide groups is 1. The highest BCUT2D eigenvalue weighted by atomic mass is 19.1. The van der Waals surface area contributed by atoms with Gasteiger partial charge in [0.05, 0.1) is 40.2 Å². The first-order chi connectivity index (χ1) is 28.4. The summed E-state index contributed by atoms with van der Waals surface area (Å²) in [7, 11) is 7.79. The number of ketones is 1. The molecule has 0 aromatic heterocycles. The van der Waals surface area contributed by atoms with Crippen LogP contribution in [0, 0.1) is 5.82 Å². The van der Waals surface area contributed by atoms with Crippen molar-refractivity contribution in [2.75, 3.05) is 47.9 Å². The van der Waals surface area contributed by atoms with E-state index in [0.29, 0.717) is 60.7 Å². The third kappa shape index (κ3) is 11.1. The molecule has 322 valence electrons. The molecule has 2 aliphatic heterocycles. The molecule has 1 saturated heterocycles. The van der Waals surface area contributed by atoms with Crippen LogP contribution in [0.15, 0.2) is 59.9 Å². The number of hydroxylamine groups is 2. The average Bonchev–Trinajstić information content (AvgIpc) is 3.62. The minimum atomic E-state index is -0.773. The van der Waals surface area contributed by atoms with Crippen molar-refractivity contribution < 1.29 is 56.9 Å². The first-order valence-corrected chi connectivity index (χ1v) is 20.6. The van der Waals surface area contributed by atoms with Crippen LogP contribution in [0.4, 0.5) is 10.1 Å². The molecular formula is C45H57FN5O9+. The summed E-state index contributed by atoms with van der Waals surface area (Å²) in [5, 5.41) is 19.5. The number of nitrogens with one attached hydrogen (secondary N) is 2. The number of nitrogens with zero attached hydrogens (tertiary/aromatic N) is 3. The van der Waals surface area contributed by atoms with Crippen molar-refractivity contribution in [3.63, 3.8) is 0 Å². The van der Waals surface area contributed by atoms with Gasteiger partial charge in [-0.3, -0.25) is 24.0 Å². The lowest BCUT2D eigenvalue weighted by molar-refractivity contribution is -0.870. The molecular weight excluding hydrogens is 774 g/mol. The molecule has 2 aromatic rings. The summed E-state index contributed by atoms with van der Waals surface area (Å²) in [6.07, 6.45) is 5.75. The van der Waals surface area contributed by atoms with E-state index in [1.165, 1.54) is 19.2 Å². The maximum absolute atomic E-state index is 14.5. The molecule has 1 aliphatic carbocycles. The molecule has 5 rings (SSSR count). The Balaban J connectivity index is 1.17. The quantitative estimate of drug-likeness (QED) is 0.0622. The molecule has 0 radical (unpaired) electrons. The first kappa shape index (κ1) is 45.4. The van der Waals surface area contributed by atoms with Gasteiger partial charge in [0, 0.05) is 67.5 Å². The molecule has 60 heavy (non-hydrogen) atoms. The molecule has 2 heterocycles. The maximum atomic E-state index is 14.5. The number of hydrogen-bond donors (Lipinski definition) is 2. The van der Waals surface area contributed by atoms with E-state index < -0.39 is 29.2 Å². The van der Waals surface area contributed by atoms with Crippen LogP contribution in [0.25, 0.3) is 5.57 Å². The van der Waals surface area contributed by atoms with Crippen molar-refractivity contribution in [1.82, 2.24) is 15.7 Å². The van der Waals surface area contributed by atoms with Crippen LogP contribution in [0.5, 0.6) is 5.75 Å². The monoisotopic (exact) mass is 830 g/mol. The Kier molecular flexibility index (Phi) is 14.8. The van der Waals surface area contributed by atoms with E-state index >= 15 is 0 Å². The number of allylic oxidation sites excluding steroid dienone is 3. The summed E-state index contributed by atoms with van der Waals surface area (Å²) >= 11 is 0. The summed E-state index contributed by atoms with van der Waals surface area (Å²) in [5.74, 6) is -2.99. The number of hydrogen-bond acceptors (Lipinski definition) is 9. The number of halogens is 1. The SMILES string of the molecule is COc1ccc(C2=C([O-])C(=CC3=[N+](CCCCCC(=O)NC(CCCC[N+](C)(C)C)C(=O)NCCCC(=O)ON4C(=O)CCC4=O)c4ccc(F)cc4C3(C)C)C2=O)cc1. The van der Waals surface area contributed by atoms with E-state index in [-0.39, 0.29) is 79.0 Å². The predicted octanol–water partition coefficient (Wildman–Crippen LogP) is 3.92. The van der Waals surface area contributed by atoms with Gasteiger partial charge in [-0.15, -0.1) is 5.06 Å². The van der Waals surface area contributed by atoms with Crippen molar-refractivity contribution in [2.45, 2.75) is 95.9 Å². The lowest BCUT2D eigenvalue weighted by Crippen LogP contribution is -2.47. The van der Waals surface area contributed by atoms with Crippen molar-refractivity contribution in [3.05, 3.63) is 76.8 Å². The summed E-state index contributed by atoms with van der Waals surface area (Å²) in [6, 6.07) is 10.6. The highest BCUT2D eigenvalue weighted by Gasteiger charge is 2.46. The van der Waals surface area contributed by atoms with Crippen LogP contribution in [-0.4, -0.2) is 109 Å². The first-order valence-electron chi connectivity index (χ1n) is 20.6. The third-order valence-corrected chi connectivity index (χ3v) is 11.0. The third-order valence-electron chi connectivity index (χ3n) is 11.0. The smallest absolute Gasteiger partial charge is 0.333 e. The Hall–Kier alpha value is -5.70. The molecule has 3 aliphatic rings. The summed E-state index contributed by atoms with van der Waals surface area (Å²) in [6.45, 7) is 5.40. The van der Waals surface area contributed by atoms with Crippen molar-refractivity contribution in [3.8, 4) is 5.75 Å². The number of rotatable bonds is 21. The number of unbranched alkanes of at least 4 members (excludes halogenated alkanes) is 3. The number of ether oxygens (including phenoxy) is 1. The second-order valence-electron chi connectivity index (χ2n) is 17.0. The predicted molar refractivity (Wildman–Crippen MR) is 219 cm³/mol. The van der Waals surface area contributed by atoms with Crippen LogP contribution in [-0.2, 0) is 39.0 Å². The Morgan fingerprint density at radius 2 is 1.65 bits per heavy atom. The Labute approximate surface area is 350 Å². The fourth-order valence-corrected chi connectivity index (χ4v) is 7.62. The standard InChI is InChI=1S/C45H56FN5O9/c1-45(2)33-27-30(46)18-21-35(33)49(36(45)28-32-42(56)41(43(32)57)29-16-19-31(59-6)20-17-29)25-10-7-8-14-37(52)48-34(13-9-11-26-51(3,4)5)44(58)47-24-12-15-40(55)60-50-38(53)22-23-39(50)54/h16-21,27-28,34H,7-15,22-26H2,1-6H3,(H-2,47,48,52,56,57,58)/p+1. The summed E-state index contributed by atoms with van der Waals surface area (Å²) in [5.41, 5.74) is 2.24. The molecule has 15 heteroatoms. The van der Waals surface area contributed by atoms with Crippen LogP contribution < -0.4 is 20.5 Å². The molecule has 14 nitrogen and oxygen atoms in total. The van der Waals surface area contributed by atoms with Gasteiger partial charge in [-0.2, -0.15) is 4.58 Å². The average molecular weight is 831 g/mol. The van der Waals surface area contributed by atoms with Gasteiger partial charge < -0.3 is 29.8 Å². The zero-order valence-electron chi connectivity index (χ0n) is 35.5. The topological polar surface area (TPSA) is 174 Å². The molecule has 2 aromatic carbocycles. The fourth-order valence-electron chi connectivity index (χ4n) is 7.62. The molecule has 0 saturated carbocycles. The molecule has 0 spiro atoms. The van der Waals surface area contributed by atoms with Gasteiger partial charge in [0.25, 0.3) is 11.8 Å². The van der Waals surface area contributed by atoms with Crippen LogP contribution in [0.2, 0.25) is 0 Å². The van der Waals surface area contributed by atoms with Crippen molar-refractivity contribution in [2.24, 2.45) is 0 Å². The molecule has 4 amide bonds. The normalized spacial score (nSPS) is 17.2. The Morgan fingerprint density at radius 3 is 2.30 bits per heavy atom. The second-order valence-corrected chi connectivity index (χ2v) is 17.0. The lowest BCUT2D eigenvalue weighted by atomic mass is 9.77. The second kappa shape index (κ2) is 19.6. The van der Waals surface area contributed by atoms with Gasteiger partial charge in [-0.05, 0) is 82.2 Å². The number of benzene rings is 2. The fraction of sp³-hybridized carbons (Fsp3) is 0.489. The number of amides is 4. The maximum Gasteiger partial charge on any atom is 0.333 e. The van der Waals surface area contributed by atoms with Crippen LogP contribution >= 0.6 is 0 Å². The Morgan fingerprint density at radius 1 is 0.950 bits per heavy atom. The highest BCUT2D eigenvalue weighted by Crippen LogP contribution is 2.43. The van der Waals surface area contributed by atoms with E-state index in [1.807, 2.05) is 18.4 Å². The number of carbonyl (C=O) groups excluding carboxylic acids is 6. The van der Waals surface area contributed by atoms with Gasteiger partial charge >= 0.3 is 5.97 Å². The van der Waals surface area contributed by atoms with Crippen molar-refractivity contribution in [1.29, 1.82) is 0 Å². The largest absolute Gasteiger partial charge is 0.871 e.